The normalized spacial score (nSPS) is 18.3. The molecule has 1 aliphatic rings. The first-order chi connectivity index (χ1) is 12.3. The fraction of sp³-hybridized carbons (Fsp3) is 0.294. The summed E-state index contributed by atoms with van der Waals surface area (Å²) in [5.74, 6) is -0.110. The molecule has 8 nitrogen and oxygen atoms in total. The summed E-state index contributed by atoms with van der Waals surface area (Å²) in [6.07, 6.45) is 3.15. The largest absolute Gasteiger partial charge is 0.348 e. The average molecular weight is 374 g/mol. The third-order valence-corrected chi connectivity index (χ3v) is 5.77. The first kappa shape index (κ1) is 18.0. The number of carbonyl (C=O) groups excluding carboxylic acids is 2. The van der Waals surface area contributed by atoms with Crippen LogP contribution in [0.4, 0.5) is 11.6 Å². The summed E-state index contributed by atoms with van der Waals surface area (Å²) in [5.41, 5.74) is 1.47. The number of amides is 1. The zero-order valence-corrected chi connectivity index (χ0v) is 14.9. The number of Topliss-reactive ketones (excluding diaryl/α,β-unsaturated/α-hetero) is 1. The van der Waals surface area contributed by atoms with E-state index in [0.717, 1.165) is 0 Å². The van der Waals surface area contributed by atoms with Gasteiger partial charge in [0.1, 0.15) is 0 Å². The zero-order chi connectivity index (χ0) is 18.7. The van der Waals surface area contributed by atoms with Crippen molar-refractivity contribution in [3.63, 3.8) is 0 Å². The topological polar surface area (TPSA) is 118 Å². The summed E-state index contributed by atoms with van der Waals surface area (Å²) in [6.45, 7) is 1.48. The van der Waals surface area contributed by atoms with Crippen molar-refractivity contribution < 1.29 is 18.0 Å². The molecule has 1 unspecified atom stereocenters. The molecule has 1 fully saturated rings. The molecular weight excluding hydrogens is 356 g/mol. The zero-order valence-electron chi connectivity index (χ0n) is 14.1. The number of nitrogens with zero attached hydrogens (tertiary/aromatic N) is 2. The number of aromatic nitrogens is 2. The van der Waals surface area contributed by atoms with E-state index >= 15 is 0 Å². The van der Waals surface area contributed by atoms with Crippen LogP contribution in [-0.2, 0) is 9.84 Å². The Morgan fingerprint density at radius 2 is 1.88 bits per heavy atom. The molecule has 0 aliphatic carbocycles. The highest BCUT2D eigenvalue weighted by Gasteiger charge is 2.29. The van der Waals surface area contributed by atoms with Crippen molar-refractivity contribution in [1.82, 2.24) is 15.3 Å². The van der Waals surface area contributed by atoms with E-state index in [1.165, 1.54) is 19.3 Å². The molecule has 0 bridgehead atoms. The van der Waals surface area contributed by atoms with Crippen LogP contribution in [0, 0.1) is 0 Å². The van der Waals surface area contributed by atoms with Gasteiger partial charge in [0.05, 0.1) is 17.1 Å². The molecule has 2 N–H and O–H groups in total. The first-order valence-electron chi connectivity index (χ1n) is 8.04. The standard InChI is InChI=1S/C17H18N4O4S/c1-11(22)12-3-2-4-14(7-12)21-17-18-8-13(9-19-17)16(23)20-15-5-6-26(24,25)10-15/h2-4,7-9,15H,5-6,10H2,1H3,(H,20,23)(H,18,19,21). The van der Waals surface area contributed by atoms with Gasteiger partial charge in [-0.1, -0.05) is 12.1 Å². The lowest BCUT2D eigenvalue weighted by atomic mass is 10.1. The van der Waals surface area contributed by atoms with Gasteiger partial charge < -0.3 is 10.6 Å². The van der Waals surface area contributed by atoms with Crippen LogP contribution in [0.5, 0.6) is 0 Å². The summed E-state index contributed by atoms with van der Waals surface area (Å²) >= 11 is 0. The minimum absolute atomic E-state index is 0.0360. The summed E-state index contributed by atoms with van der Waals surface area (Å²) in [4.78, 5) is 31.7. The Morgan fingerprint density at radius 3 is 2.50 bits per heavy atom. The Morgan fingerprint density at radius 1 is 1.15 bits per heavy atom. The maximum Gasteiger partial charge on any atom is 0.254 e. The van der Waals surface area contributed by atoms with Gasteiger partial charge in [0.2, 0.25) is 5.95 Å². The summed E-state index contributed by atoms with van der Waals surface area (Å²) in [5, 5.41) is 5.65. The van der Waals surface area contributed by atoms with Crippen LogP contribution in [-0.4, -0.2) is 47.6 Å². The molecule has 9 heteroatoms. The molecule has 1 amide bonds. The van der Waals surface area contributed by atoms with Gasteiger partial charge in [-0.25, -0.2) is 18.4 Å². The van der Waals surface area contributed by atoms with Gasteiger partial charge in [-0.3, -0.25) is 9.59 Å². The maximum atomic E-state index is 12.2. The van der Waals surface area contributed by atoms with Crippen LogP contribution in [0.3, 0.4) is 0 Å². The third-order valence-electron chi connectivity index (χ3n) is 4.01. The highest BCUT2D eigenvalue weighted by atomic mass is 32.2. The third kappa shape index (κ3) is 4.42. The number of benzene rings is 1. The monoisotopic (exact) mass is 374 g/mol. The number of ketones is 1. The van der Waals surface area contributed by atoms with Gasteiger partial charge in [0, 0.05) is 29.7 Å². The van der Waals surface area contributed by atoms with Crippen molar-refractivity contribution in [2.24, 2.45) is 0 Å². The van der Waals surface area contributed by atoms with Gasteiger partial charge in [-0.2, -0.15) is 0 Å². The van der Waals surface area contributed by atoms with Crippen molar-refractivity contribution in [1.29, 1.82) is 0 Å². The van der Waals surface area contributed by atoms with E-state index in [-0.39, 0.29) is 34.8 Å². The van der Waals surface area contributed by atoms with Crippen molar-refractivity contribution >= 4 is 33.2 Å². The molecular formula is C17H18N4O4S. The quantitative estimate of drug-likeness (QED) is 0.758. The highest BCUT2D eigenvalue weighted by Crippen LogP contribution is 2.16. The van der Waals surface area contributed by atoms with E-state index in [0.29, 0.717) is 17.7 Å². The van der Waals surface area contributed by atoms with Crippen LogP contribution < -0.4 is 10.6 Å². The molecule has 2 heterocycles. The van der Waals surface area contributed by atoms with E-state index in [9.17, 15) is 18.0 Å². The lowest BCUT2D eigenvalue weighted by molar-refractivity contribution is 0.0939. The Bertz CT molecular complexity index is 941. The lowest BCUT2D eigenvalue weighted by Crippen LogP contribution is -2.35. The molecule has 1 saturated heterocycles. The van der Waals surface area contributed by atoms with E-state index < -0.39 is 15.7 Å². The predicted molar refractivity (Wildman–Crippen MR) is 96.3 cm³/mol. The SMILES string of the molecule is CC(=O)c1cccc(Nc2ncc(C(=O)NC3CCS(=O)(=O)C3)cn2)c1. The summed E-state index contributed by atoms with van der Waals surface area (Å²) in [7, 11) is -3.05. The molecule has 136 valence electrons. The molecule has 1 aromatic carbocycles. The Labute approximate surface area is 151 Å². The summed E-state index contributed by atoms with van der Waals surface area (Å²) < 4.78 is 22.9. The molecule has 1 aliphatic heterocycles. The van der Waals surface area contributed by atoms with Crippen LogP contribution in [0.25, 0.3) is 0 Å². The molecule has 0 spiro atoms. The van der Waals surface area contributed by atoms with Crippen molar-refractivity contribution in [2.45, 2.75) is 19.4 Å². The maximum absolute atomic E-state index is 12.2. The minimum Gasteiger partial charge on any atom is -0.348 e. The Kier molecular flexibility index (Phi) is 4.99. The van der Waals surface area contributed by atoms with Crippen molar-refractivity contribution in [2.75, 3.05) is 16.8 Å². The Balaban J connectivity index is 1.64. The first-order valence-corrected chi connectivity index (χ1v) is 9.86. The van der Waals surface area contributed by atoms with Crippen LogP contribution in [0.1, 0.15) is 34.1 Å². The highest BCUT2D eigenvalue weighted by molar-refractivity contribution is 7.91. The average Bonchev–Trinajstić information content (AvgIpc) is 2.94. The predicted octanol–water partition coefficient (Wildman–Crippen LogP) is 1.34. The molecule has 2 aromatic rings. The van der Waals surface area contributed by atoms with Gasteiger partial charge >= 0.3 is 0 Å². The lowest BCUT2D eigenvalue weighted by Gasteiger charge is -2.11. The summed E-state index contributed by atoms with van der Waals surface area (Å²) in [6, 6.07) is 6.55. The number of anilines is 2. The molecule has 0 saturated carbocycles. The Hall–Kier alpha value is -2.81. The van der Waals surface area contributed by atoms with Crippen molar-refractivity contribution in [3.05, 3.63) is 47.8 Å². The van der Waals surface area contributed by atoms with Crippen LogP contribution in [0.15, 0.2) is 36.7 Å². The number of hydrogen-bond donors (Lipinski definition) is 2. The number of hydrogen-bond acceptors (Lipinski definition) is 7. The number of nitrogens with one attached hydrogen (secondary N) is 2. The number of carbonyl (C=O) groups is 2. The fourth-order valence-electron chi connectivity index (χ4n) is 2.63. The van der Waals surface area contributed by atoms with Gasteiger partial charge in [0.25, 0.3) is 5.91 Å². The number of sulfone groups is 1. The second kappa shape index (κ2) is 7.20. The van der Waals surface area contributed by atoms with Crippen molar-refractivity contribution in [3.8, 4) is 0 Å². The second-order valence-electron chi connectivity index (χ2n) is 6.13. The molecule has 0 radical (unpaired) electrons. The number of rotatable bonds is 5. The molecule has 26 heavy (non-hydrogen) atoms. The van der Waals surface area contributed by atoms with Crippen LogP contribution >= 0.6 is 0 Å². The van der Waals surface area contributed by atoms with E-state index in [1.807, 2.05) is 0 Å². The fourth-order valence-corrected chi connectivity index (χ4v) is 4.31. The van der Waals surface area contributed by atoms with Gasteiger partial charge in [0.15, 0.2) is 15.6 Å². The molecule has 3 rings (SSSR count). The minimum atomic E-state index is -3.05. The smallest absolute Gasteiger partial charge is 0.254 e. The molecule has 1 atom stereocenters. The van der Waals surface area contributed by atoms with E-state index in [4.69, 9.17) is 0 Å². The van der Waals surface area contributed by atoms with Crippen LogP contribution in [0.2, 0.25) is 0 Å². The van der Waals surface area contributed by atoms with E-state index in [2.05, 4.69) is 20.6 Å². The second-order valence-corrected chi connectivity index (χ2v) is 8.36. The van der Waals surface area contributed by atoms with Gasteiger partial charge in [-0.05, 0) is 25.5 Å². The van der Waals surface area contributed by atoms with Gasteiger partial charge in [-0.15, -0.1) is 0 Å². The van der Waals surface area contributed by atoms with E-state index in [1.54, 1.807) is 24.3 Å². The molecule has 1 aromatic heterocycles.